The number of H-pyrrole nitrogens is 1. The molecule has 0 spiro atoms. The first-order chi connectivity index (χ1) is 13.3. The average molecular weight is 493 g/mol. The van der Waals surface area contributed by atoms with Crippen LogP contribution in [0.5, 0.6) is 5.88 Å². The first-order valence-corrected chi connectivity index (χ1v) is 9.37. The van der Waals surface area contributed by atoms with Crippen LogP contribution in [0, 0.1) is 0 Å². The van der Waals surface area contributed by atoms with Gasteiger partial charge in [0.2, 0.25) is 5.88 Å². The highest BCUT2D eigenvalue weighted by atomic mass is 127. The predicted octanol–water partition coefficient (Wildman–Crippen LogP) is 3.88. The van der Waals surface area contributed by atoms with Crippen molar-refractivity contribution in [3.05, 3.63) is 59.9 Å². The molecule has 0 bridgehead atoms. The Morgan fingerprint density at radius 3 is 2.79 bits per heavy atom. The maximum atomic E-state index is 5.51. The number of nitrogens with zero attached hydrogens (tertiary/aromatic N) is 2. The van der Waals surface area contributed by atoms with Gasteiger partial charge in [-0.25, -0.2) is 4.98 Å². The number of aromatic nitrogens is 2. The molecule has 3 rings (SSSR count). The molecule has 6 nitrogen and oxygen atoms in total. The van der Waals surface area contributed by atoms with Crippen LogP contribution in [0.15, 0.2) is 53.8 Å². The maximum Gasteiger partial charge on any atom is 0.213 e. The molecular weight excluding hydrogens is 465 g/mol. The summed E-state index contributed by atoms with van der Waals surface area (Å²) in [5.74, 6) is 1.45. The number of guanidine groups is 1. The minimum atomic E-state index is 0. The van der Waals surface area contributed by atoms with Crippen molar-refractivity contribution in [2.75, 3.05) is 20.2 Å². The minimum absolute atomic E-state index is 0. The van der Waals surface area contributed by atoms with Gasteiger partial charge in [0.1, 0.15) is 0 Å². The normalized spacial score (nSPS) is 11.1. The Hall–Kier alpha value is -2.29. The lowest BCUT2D eigenvalue weighted by molar-refractivity contribution is 0.305. The Morgan fingerprint density at radius 2 is 2.04 bits per heavy atom. The van der Waals surface area contributed by atoms with Crippen LogP contribution < -0.4 is 15.4 Å². The molecule has 150 valence electrons. The van der Waals surface area contributed by atoms with Crippen LogP contribution in [0.25, 0.3) is 10.9 Å². The molecule has 0 radical (unpaired) electrons. The van der Waals surface area contributed by atoms with E-state index in [4.69, 9.17) is 4.74 Å². The monoisotopic (exact) mass is 493 g/mol. The lowest BCUT2D eigenvalue weighted by Gasteiger charge is -2.12. The number of hydrogen-bond donors (Lipinski definition) is 3. The van der Waals surface area contributed by atoms with E-state index in [0.717, 1.165) is 30.9 Å². The van der Waals surface area contributed by atoms with E-state index in [0.29, 0.717) is 19.0 Å². The third-order valence-electron chi connectivity index (χ3n) is 4.30. The number of para-hydroxylation sites is 1. The smallest absolute Gasteiger partial charge is 0.213 e. The summed E-state index contributed by atoms with van der Waals surface area (Å²) in [5.41, 5.74) is 3.56. The molecule has 28 heavy (non-hydrogen) atoms. The molecule has 3 aromatic rings. The number of aliphatic imine (C=N–C) groups is 1. The second-order valence-electron chi connectivity index (χ2n) is 6.32. The van der Waals surface area contributed by atoms with Crippen LogP contribution in [0.3, 0.4) is 0 Å². The second-order valence-corrected chi connectivity index (χ2v) is 6.32. The van der Waals surface area contributed by atoms with Gasteiger partial charge in [-0.05, 0) is 30.0 Å². The van der Waals surface area contributed by atoms with Crippen molar-refractivity contribution in [3.8, 4) is 5.88 Å². The van der Waals surface area contributed by atoms with Crippen molar-refractivity contribution in [3.63, 3.8) is 0 Å². The zero-order valence-electron chi connectivity index (χ0n) is 16.4. The molecule has 0 aliphatic heterocycles. The number of hydrogen-bond acceptors (Lipinski definition) is 3. The number of benzene rings is 1. The number of rotatable bonds is 8. The van der Waals surface area contributed by atoms with Crippen LogP contribution in [-0.2, 0) is 13.0 Å². The van der Waals surface area contributed by atoms with Crippen molar-refractivity contribution in [1.82, 2.24) is 20.6 Å². The van der Waals surface area contributed by atoms with Gasteiger partial charge in [0.15, 0.2) is 5.96 Å². The summed E-state index contributed by atoms with van der Waals surface area (Å²) < 4.78 is 5.51. The lowest BCUT2D eigenvalue weighted by atomic mass is 10.1. The van der Waals surface area contributed by atoms with E-state index in [1.54, 1.807) is 7.05 Å². The number of aromatic amines is 1. The highest BCUT2D eigenvalue weighted by Crippen LogP contribution is 2.17. The van der Waals surface area contributed by atoms with Gasteiger partial charge in [0.05, 0.1) is 6.61 Å². The fourth-order valence-electron chi connectivity index (χ4n) is 2.87. The van der Waals surface area contributed by atoms with Gasteiger partial charge < -0.3 is 20.4 Å². The summed E-state index contributed by atoms with van der Waals surface area (Å²) in [4.78, 5) is 11.9. The standard InChI is InChI=1S/C21H27N5O.HI/c1-3-12-27-20-9-8-16(13-25-20)14-26-21(22-2)23-11-10-17-15-24-19-7-5-4-6-18(17)19;/h4-9,13,15,24H,3,10-12,14H2,1-2H3,(H2,22,23,26);1H. The van der Waals surface area contributed by atoms with Crippen LogP contribution in [0.4, 0.5) is 0 Å². The average Bonchev–Trinajstić information content (AvgIpc) is 3.13. The van der Waals surface area contributed by atoms with E-state index in [1.807, 2.05) is 24.4 Å². The van der Waals surface area contributed by atoms with E-state index in [-0.39, 0.29) is 24.0 Å². The molecule has 1 aromatic carbocycles. The molecule has 2 heterocycles. The molecule has 0 atom stereocenters. The summed E-state index contributed by atoms with van der Waals surface area (Å²) >= 11 is 0. The molecular formula is C21H28IN5O. The first-order valence-electron chi connectivity index (χ1n) is 9.37. The third-order valence-corrected chi connectivity index (χ3v) is 4.30. The molecule has 7 heteroatoms. The van der Waals surface area contributed by atoms with Crippen LogP contribution in [0.1, 0.15) is 24.5 Å². The SMILES string of the molecule is CCCOc1ccc(CNC(=NC)NCCc2c[nH]c3ccccc23)cn1.I. The third kappa shape index (κ3) is 6.12. The van der Waals surface area contributed by atoms with Crippen molar-refractivity contribution in [2.24, 2.45) is 4.99 Å². The number of fused-ring (bicyclic) bond motifs is 1. The van der Waals surface area contributed by atoms with Crippen LogP contribution in [0.2, 0.25) is 0 Å². The molecule has 0 amide bonds. The van der Waals surface area contributed by atoms with E-state index in [9.17, 15) is 0 Å². The van der Waals surface area contributed by atoms with Gasteiger partial charge in [-0.2, -0.15) is 0 Å². The van der Waals surface area contributed by atoms with Gasteiger partial charge in [-0.15, -0.1) is 24.0 Å². The molecule has 0 saturated carbocycles. The molecule has 0 fully saturated rings. The van der Waals surface area contributed by atoms with Crippen LogP contribution >= 0.6 is 24.0 Å². The Kier molecular flexibility index (Phi) is 9.06. The summed E-state index contributed by atoms with van der Waals surface area (Å²) in [6.07, 6.45) is 5.81. The first kappa shape index (κ1) is 22.0. The van der Waals surface area contributed by atoms with Crippen molar-refractivity contribution < 1.29 is 4.74 Å². The minimum Gasteiger partial charge on any atom is -0.478 e. The topological polar surface area (TPSA) is 74.3 Å². The number of nitrogens with one attached hydrogen (secondary N) is 3. The molecule has 0 saturated heterocycles. The lowest BCUT2D eigenvalue weighted by Crippen LogP contribution is -2.37. The zero-order chi connectivity index (χ0) is 18.9. The number of pyridine rings is 1. The van der Waals surface area contributed by atoms with Crippen LogP contribution in [-0.4, -0.2) is 36.1 Å². The maximum absolute atomic E-state index is 5.51. The highest BCUT2D eigenvalue weighted by Gasteiger charge is 2.04. The molecule has 2 aromatic heterocycles. The molecule has 3 N–H and O–H groups in total. The Labute approximate surface area is 183 Å². The van der Waals surface area contributed by atoms with E-state index < -0.39 is 0 Å². The van der Waals surface area contributed by atoms with Crippen molar-refractivity contribution in [2.45, 2.75) is 26.3 Å². The van der Waals surface area contributed by atoms with Gasteiger partial charge in [0.25, 0.3) is 0 Å². The molecule has 0 aliphatic rings. The summed E-state index contributed by atoms with van der Waals surface area (Å²) in [7, 11) is 1.78. The summed E-state index contributed by atoms with van der Waals surface area (Å²) in [5, 5.41) is 7.95. The van der Waals surface area contributed by atoms with Crippen molar-refractivity contribution in [1.29, 1.82) is 0 Å². The zero-order valence-corrected chi connectivity index (χ0v) is 18.7. The predicted molar refractivity (Wildman–Crippen MR) is 126 cm³/mol. The summed E-state index contributed by atoms with van der Waals surface area (Å²) in [6.45, 7) is 4.24. The highest BCUT2D eigenvalue weighted by molar-refractivity contribution is 14.0. The Morgan fingerprint density at radius 1 is 1.18 bits per heavy atom. The fourth-order valence-corrected chi connectivity index (χ4v) is 2.87. The molecule has 0 aliphatic carbocycles. The Bertz CT molecular complexity index is 876. The van der Waals surface area contributed by atoms with E-state index in [2.05, 4.69) is 56.9 Å². The quantitative estimate of drug-likeness (QED) is 0.253. The largest absolute Gasteiger partial charge is 0.478 e. The number of ether oxygens (including phenoxy) is 1. The summed E-state index contributed by atoms with van der Waals surface area (Å²) in [6, 6.07) is 12.3. The van der Waals surface area contributed by atoms with Gasteiger partial charge in [0, 0.05) is 49.5 Å². The van der Waals surface area contributed by atoms with E-state index in [1.165, 1.54) is 16.5 Å². The Balaban J connectivity index is 0.00000280. The molecule has 0 unspecified atom stereocenters. The van der Waals surface area contributed by atoms with Gasteiger partial charge >= 0.3 is 0 Å². The fraction of sp³-hybridized carbons (Fsp3) is 0.333. The second kappa shape index (κ2) is 11.5. The van der Waals surface area contributed by atoms with Crippen molar-refractivity contribution >= 4 is 40.8 Å². The van der Waals surface area contributed by atoms with E-state index >= 15 is 0 Å². The van der Waals surface area contributed by atoms with Gasteiger partial charge in [-0.1, -0.05) is 31.2 Å². The van der Waals surface area contributed by atoms with Gasteiger partial charge in [-0.3, -0.25) is 4.99 Å². The number of halogens is 1.